The molecule has 3 heterocycles. The molecule has 9 heteroatoms. The Balaban J connectivity index is 0.000000298. The van der Waals surface area contributed by atoms with Crippen LogP contribution in [0.4, 0.5) is 5.82 Å². The fourth-order valence-electron chi connectivity index (χ4n) is 3.08. The molecule has 29 heavy (non-hydrogen) atoms. The van der Waals surface area contributed by atoms with Crippen LogP contribution >= 0.6 is 34.5 Å². The van der Waals surface area contributed by atoms with Gasteiger partial charge in [0, 0.05) is 36.5 Å². The number of nitrogens with zero attached hydrogens (tertiary/aromatic N) is 3. The summed E-state index contributed by atoms with van der Waals surface area (Å²) in [5, 5.41) is 12.0. The molecule has 1 aliphatic heterocycles. The van der Waals surface area contributed by atoms with Gasteiger partial charge >= 0.3 is 5.97 Å². The van der Waals surface area contributed by atoms with Crippen molar-refractivity contribution in [2.45, 2.75) is 19.3 Å². The van der Waals surface area contributed by atoms with E-state index in [0.29, 0.717) is 16.7 Å². The van der Waals surface area contributed by atoms with Gasteiger partial charge in [0.2, 0.25) is 0 Å². The number of aliphatic carboxylic acids is 1. The SMILES string of the molecule is COCCC(=O)O.Clc1ccc2c(-c3cscn3)cc(N3CCCC3)nc2c1Cl. The maximum absolute atomic E-state index is 9.68. The number of hydrogen-bond donors (Lipinski definition) is 1. The summed E-state index contributed by atoms with van der Waals surface area (Å²) in [7, 11) is 1.48. The van der Waals surface area contributed by atoms with E-state index in [9.17, 15) is 4.79 Å². The van der Waals surface area contributed by atoms with Crippen LogP contribution < -0.4 is 4.90 Å². The van der Waals surface area contributed by atoms with Gasteiger partial charge in [-0.05, 0) is 25.0 Å². The number of carboxylic acid groups (broad SMARTS) is 1. The molecule has 6 nitrogen and oxygen atoms in total. The molecule has 1 saturated heterocycles. The van der Waals surface area contributed by atoms with E-state index in [0.717, 1.165) is 41.1 Å². The first-order chi connectivity index (χ1) is 14.0. The summed E-state index contributed by atoms with van der Waals surface area (Å²) in [6.45, 7) is 2.37. The predicted octanol–water partition coefficient (Wildman–Crippen LogP) is 5.37. The third-order valence-corrected chi connectivity index (χ3v) is 5.90. The summed E-state index contributed by atoms with van der Waals surface area (Å²) in [4.78, 5) is 21.2. The molecule has 0 radical (unpaired) electrons. The van der Waals surface area contributed by atoms with Crippen LogP contribution in [0.1, 0.15) is 19.3 Å². The molecule has 0 aliphatic carbocycles. The first kappa shape index (κ1) is 21.8. The van der Waals surface area contributed by atoms with Gasteiger partial charge in [-0.25, -0.2) is 9.97 Å². The maximum Gasteiger partial charge on any atom is 0.305 e. The van der Waals surface area contributed by atoms with Crippen LogP contribution in [-0.4, -0.2) is 47.8 Å². The van der Waals surface area contributed by atoms with Crippen LogP contribution in [0.25, 0.3) is 22.2 Å². The molecule has 0 bridgehead atoms. The Hall–Kier alpha value is -1.93. The molecule has 0 saturated carbocycles. The van der Waals surface area contributed by atoms with Gasteiger partial charge in [-0.2, -0.15) is 0 Å². The largest absolute Gasteiger partial charge is 0.481 e. The number of benzene rings is 1. The number of pyridine rings is 1. The number of hydrogen-bond acceptors (Lipinski definition) is 6. The summed E-state index contributed by atoms with van der Waals surface area (Å²) in [6, 6.07) is 5.91. The third kappa shape index (κ3) is 5.36. The lowest BCUT2D eigenvalue weighted by atomic mass is 10.1. The molecule has 0 spiro atoms. The topological polar surface area (TPSA) is 75.6 Å². The highest BCUT2D eigenvalue weighted by atomic mass is 35.5. The minimum atomic E-state index is -0.818. The molecule has 1 N–H and O–H groups in total. The monoisotopic (exact) mass is 453 g/mol. The zero-order valence-electron chi connectivity index (χ0n) is 15.9. The summed E-state index contributed by atoms with van der Waals surface area (Å²) >= 11 is 14.2. The first-order valence-corrected chi connectivity index (χ1v) is 10.8. The molecular weight excluding hydrogens is 433 g/mol. The van der Waals surface area contributed by atoms with Crippen molar-refractivity contribution < 1.29 is 14.6 Å². The van der Waals surface area contributed by atoms with E-state index in [2.05, 4.69) is 20.7 Å². The summed E-state index contributed by atoms with van der Waals surface area (Å²) in [5.74, 6) is 0.138. The van der Waals surface area contributed by atoms with Crippen molar-refractivity contribution in [1.29, 1.82) is 0 Å². The van der Waals surface area contributed by atoms with E-state index < -0.39 is 5.97 Å². The van der Waals surface area contributed by atoms with Gasteiger partial charge in [0.1, 0.15) is 5.82 Å². The number of ether oxygens (including phenoxy) is 1. The molecule has 0 amide bonds. The van der Waals surface area contributed by atoms with Gasteiger partial charge in [-0.1, -0.05) is 29.3 Å². The van der Waals surface area contributed by atoms with Crippen LogP contribution in [-0.2, 0) is 9.53 Å². The quantitative estimate of drug-likeness (QED) is 0.559. The summed E-state index contributed by atoms with van der Waals surface area (Å²) in [6.07, 6.45) is 2.50. The highest BCUT2D eigenvalue weighted by Gasteiger charge is 2.19. The number of thiazole rings is 1. The standard InChI is InChI=1S/C16H13Cl2N3S.C4H8O3/c17-12-4-3-10-11(13-8-22-9-19-13)7-14(20-16(10)15(12)18)21-5-1-2-6-21;1-7-3-2-4(5)6/h3-4,7-9H,1-2,5-6H2;2-3H2,1H3,(H,5,6). The van der Waals surface area contributed by atoms with Crippen molar-refractivity contribution in [1.82, 2.24) is 9.97 Å². The molecule has 3 aromatic rings. The van der Waals surface area contributed by atoms with Crippen LogP contribution in [0, 0.1) is 0 Å². The zero-order chi connectivity index (χ0) is 20.8. The molecular formula is C20H21Cl2N3O3S. The number of carboxylic acids is 1. The number of halogens is 2. The van der Waals surface area contributed by atoms with Gasteiger partial charge in [-0.15, -0.1) is 11.3 Å². The minimum absolute atomic E-state index is 0.0938. The second kappa shape index (κ2) is 10.2. The second-order valence-electron chi connectivity index (χ2n) is 6.49. The molecule has 1 aromatic carbocycles. The van der Waals surface area contributed by atoms with E-state index in [1.165, 1.54) is 20.0 Å². The average molecular weight is 454 g/mol. The van der Waals surface area contributed by atoms with Crippen molar-refractivity contribution in [2.24, 2.45) is 0 Å². The van der Waals surface area contributed by atoms with Crippen LogP contribution in [0.2, 0.25) is 10.0 Å². The summed E-state index contributed by atoms with van der Waals surface area (Å²) < 4.78 is 4.47. The van der Waals surface area contributed by atoms with E-state index in [1.807, 2.05) is 23.0 Å². The normalized spacial score (nSPS) is 13.4. The molecule has 0 atom stereocenters. The van der Waals surface area contributed by atoms with Crippen molar-refractivity contribution in [3.63, 3.8) is 0 Å². The molecule has 2 aromatic heterocycles. The van der Waals surface area contributed by atoms with E-state index in [-0.39, 0.29) is 6.42 Å². The minimum Gasteiger partial charge on any atom is -0.481 e. The number of rotatable bonds is 5. The fraction of sp³-hybridized carbons (Fsp3) is 0.350. The van der Waals surface area contributed by atoms with Crippen LogP contribution in [0.5, 0.6) is 0 Å². The fourth-order valence-corrected chi connectivity index (χ4v) is 3.99. The van der Waals surface area contributed by atoms with Gasteiger partial charge < -0.3 is 14.7 Å². The van der Waals surface area contributed by atoms with Gasteiger partial charge in [0.25, 0.3) is 0 Å². The lowest BCUT2D eigenvalue weighted by molar-refractivity contribution is -0.137. The highest BCUT2D eigenvalue weighted by Crippen LogP contribution is 2.37. The summed E-state index contributed by atoms with van der Waals surface area (Å²) in [5.41, 5.74) is 4.61. The lowest BCUT2D eigenvalue weighted by Crippen LogP contribution is -2.19. The number of carbonyl (C=O) groups is 1. The lowest BCUT2D eigenvalue weighted by Gasteiger charge is -2.19. The molecule has 154 valence electrons. The van der Waals surface area contributed by atoms with Crippen molar-refractivity contribution in [2.75, 3.05) is 31.7 Å². The number of methoxy groups -OCH3 is 1. The highest BCUT2D eigenvalue weighted by molar-refractivity contribution is 7.07. The molecule has 1 fully saturated rings. The Bertz CT molecular complexity index is 977. The Morgan fingerprint density at radius 3 is 2.66 bits per heavy atom. The Kier molecular flexibility index (Phi) is 7.66. The number of fused-ring (bicyclic) bond motifs is 1. The van der Waals surface area contributed by atoms with E-state index in [1.54, 1.807) is 11.3 Å². The Labute approximate surface area is 183 Å². The molecule has 0 unspecified atom stereocenters. The number of anilines is 1. The van der Waals surface area contributed by atoms with Crippen molar-refractivity contribution >= 4 is 57.2 Å². The van der Waals surface area contributed by atoms with Gasteiger partial charge in [-0.3, -0.25) is 4.79 Å². The van der Waals surface area contributed by atoms with Crippen molar-refractivity contribution in [3.05, 3.63) is 39.1 Å². The molecule has 1 aliphatic rings. The molecule has 4 rings (SSSR count). The van der Waals surface area contributed by atoms with E-state index >= 15 is 0 Å². The Morgan fingerprint density at radius 1 is 1.31 bits per heavy atom. The average Bonchev–Trinajstić information content (AvgIpc) is 3.43. The van der Waals surface area contributed by atoms with Crippen LogP contribution in [0.15, 0.2) is 29.1 Å². The first-order valence-electron chi connectivity index (χ1n) is 9.14. The van der Waals surface area contributed by atoms with Gasteiger partial charge in [0.15, 0.2) is 0 Å². The van der Waals surface area contributed by atoms with Gasteiger partial charge in [0.05, 0.1) is 39.8 Å². The van der Waals surface area contributed by atoms with E-state index in [4.69, 9.17) is 33.3 Å². The number of aromatic nitrogens is 2. The maximum atomic E-state index is 9.68. The zero-order valence-corrected chi connectivity index (χ0v) is 18.2. The third-order valence-electron chi connectivity index (χ3n) is 4.52. The Morgan fingerprint density at radius 2 is 2.07 bits per heavy atom. The smallest absolute Gasteiger partial charge is 0.305 e. The van der Waals surface area contributed by atoms with Crippen molar-refractivity contribution in [3.8, 4) is 11.3 Å². The predicted molar refractivity (Wildman–Crippen MR) is 118 cm³/mol. The second-order valence-corrected chi connectivity index (χ2v) is 7.99. The van der Waals surface area contributed by atoms with Crippen LogP contribution in [0.3, 0.4) is 0 Å².